The van der Waals surface area contributed by atoms with Crippen LogP contribution in [-0.2, 0) is 0 Å². The maximum atomic E-state index is 5.21. The van der Waals surface area contributed by atoms with Crippen LogP contribution < -0.4 is 0 Å². The molecule has 0 aliphatic heterocycles. The van der Waals surface area contributed by atoms with Gasteiger partial charge in [0.15, 0.2) is 0 Å². The van der Waals surface area contributed by atoms with Gasteiger partial charge >= 0.3 is 0 Å². The minimum Gasteiger partial charge on any atom is -0.106 e. The van der Waals surface area contributed by atoms with E-state index in [4.69, 9.17) is 12.8 Å². The van der Waals surface area contributed by atoms with Gasteiger partial charge in [-0.2, -0.15) is 0 Å². The third kappa shape index (κ3) is 12.8. The lowest BCUT2D eigenvalue weighted by molar-refractivity contribution is 0.0679. The third-order valence-corrected chi connectivity index (χ3v) is 5.58. The second-order valence-electron chi connectivity index (χ2n) is 11.7. The van der Waals surface area contributed by atoms with Crippen LogP contribution in [0.25, 0.3) is 0 Å². The molecular weight excluding hydrogens is 528 g/mol. The Morgan fingerprint density at radius 1 is 0.386 bits per heavy atom. The van der Waals surface area contributed by atoms with E-state index < -0.39 is 21.7 Å². The summed E-state index contributed by atoms with van der Waals surface area (Å²) in [5, 5.41) is 0. The van der Waals surface area contributed by atoms with Crippen LogP contribution >= 0.6 is 0 Å². The first-order chi connectivity index (χ1) is 20.7. The average molecular weight is 561 g/mol. The molecule has 0 amide bonds. The first-order valence-electron chi connectivity index (χ1n) is 13.3. The van der Waals surface area contributed by atoms with E-state index in [1.54, 1.807) is 6.92 Å². The molecule has 0 aromatic heterocycles. The summed E-state index contributed by atoms with van der Waals surface area (Å²) >= 11 is 0. The molecule has 0 spiro atoms. The fourth-order valence-electron chi connectivity index (χ4n) is 4.17. The van der Waals surface area contributed by atoms with Gasteiger partial charge in [0, 0.05) is 11.1 Å². The zero-order valence-corrected chi connectivity index (χ0v) is 27.2. The Hall–Kier alpha value is -6.42. The van der Waals surface area contributed by atoms with Crippen LogP contribution in [0.4, 0.5) is 0 Å². The quantitative estimate of drug-likeness (QED) is 0.359. The van der Waals surface area contributed by atoms with Crippen molar-refractivity contribution in [3.63, 3.8) is 0 Å². The minimum atomic E-state index is -0.854. The van der Waals surface area contributed by atoms with Crippen LogP contribution in [0.2, 0.25) is 0 Å². The summed E-state index contributed by atoms with van der Waals surface area (Å²) in [6.07, 6.45) is 10.3. The van der Waals surface area contributed by atoms with E-state index in [1.807, 2.05) is 0 Å². The highest BCUT2D eigenvalue weighted by molar-refractivity contribution is 5.59. The number of hydrogen-bond donors (Lipinski definition) is 0. The molecule has 0 aliphatic rings. The van der Waals surface area contributed by atoms with Crippen molar-refractivity contribution in [2.75, 3.05) is 0 Å². The van der Waals surface area contributed by atoms with Crippen molar-refractivity contribution in [1.29, 1.82) is 0 Å². The van der Waals surface area contributed by atoms with E-state index >= 15 is 0 Å². The summed E-state index contributed by atoms with van der Waals surface area (Å²) in [4.78, 5) is 0. The van der Waals surface area contributed by atoms with Crippen LogP contribution in [0.1, 0.15) is 69.2 Å². The third-order valence-electron chi connectivity index (χ3n) is 5.58. The largest absolute Gasteiger partial charge is 0.106 e. The fraction of sp³-hybridized carbons (Fsp3) is 0.318. The van der Waals surface area contributed by atoms with Crippen molar-refractivity contribution in [2.24, 2.45) is 21.7 Å². The van der Waals surface area contributed by atoms with Crippen LogP contribution in [0.5, 0.6) is 0 Å². The molecule has 0 radical (unpaired) electrons. The van der Waals surface area contributed by atoms with E-state index in [1.165, 1.54) is 0 Å². The molecule has 0 atom stereocenters. The maximum absolute atomic E-state index is 5.21. The van der Waals surface area contributed by atoms with Gasteiger partial charge in [0.1, 0.15) is 0 Å². The molecule has 0 aliphatic carbocycles. The molecule has 0 heteroatoms. The average Bonchev–Trinajstić information content (AvgIpc) is 2.92. The Balaban J connectivity index is 8.06. The van der Waals surface area contributed by atoms with Gasteiger partial charge in [0.2, 0.25) is 0 Å². The standard InChI is InChI=1S/C44H32/c1-13-16-19-22-25-27-29-30-33-36-39(41(4,5)6)40(37-34-31-28-26-23-20-17-14-2)44(42(7,8)9,43(10,11)12)38-35-32-24-21-18-15-3/h2-3H,1,4-12H3/b40-39-. The van der Waals surface area contributed by atoms with Crippen molar-refractivity contribution < 1.29 is 0 Å². The molecule has 44 heavy (non-hydrogen) atoms. The molecule has 0 unspecified atom stereocenters. The Kier molecular flexibility index (Phi) is 16.1. The maximum Gasteiger partial charge on any atom is 0.0757 e. The highest BCUT2D eigenvalue weighted by atomic mass is 14.5. The zero-order valence-electron chi connectivity index (χ0n) is 27.2. The molecule has 0 nitrogen and oxygen atoms in total. The van der Waals surface area contributed by atoms with Crippen molar-refractivity contribution in [1.82, 2.24) is 0 Å². The molecule has 0 rings (SSSR count). The molecule has 0 saturated carbocycles. The van der Waals surface area contributed by atoms with E-state index in [0.717, 1.165) is 5.57 Å². The van der Waals surface area contributed by atoms with Crippen LogP contribution in [0.3, 0.4) is 0 Å². The lowest BCUT2D eigenvalue weighted by atomic mass is 9.50. The highest BCUT2D eigenvalue weighted by Gasteiger charge is 2.53. The molecular formula is C44H32. The van der Waals surface area contributed by atoms with Crippen molar-refractivity contribution in [2.45, 2.75) is 69.2 Å². The molecule has 0 fully saturated rings. The second-order valence-corrected chi connectivity index (χ2v) is 11.7. The number of rotatable bonds is 1. The SMILES string of the molecule is C#CC#CC#CC#CC#C/C(=C(\C#CC#CC#CC#CC#CC)C(C)(C)C)C(C#CC#CC#CC#C)(C(C)(C)C)C(C)(C)C. The first-order valence-corrected chi connectivity index (χ1v) is 13.3. The second kappa shape index (κ2) is 18.8. The molecule has 0 bridgehead atoms. The van der Waals surface area contributed by atoms with Gasteiger partial charge < -0.3 is 0 Å². The fourth-order valence-corrected chi connectivity index (χ4v) is 4.17. The van der Waals surface area contributed by atoms with Gasteiger partial charge in [-0.15, -0.1) is 12.8 Å². The number of allylic oxidation sites excluding steroid dienone is 2. The summed E-state index contributed by atoms with van der Waals surface area (Å²) in [5.74, 6) is 71.1. The van der Waals surface area contributed by atoms with E-state index in [0.29, 0.717) is 5.57 Å². The van der Waals surface area contributed by atoms with Crippen LogP contribution in [-0.4, -0.2) is 0 Å². The molecule has 0 heterocycles. The van der Waals surface area contributed by atoms with Crippen molar-refractivity contribution >= 4 is 0 Å². The first kappa shape index (κ1) is 37.6. The molecule has 0 N–H and O–H groups in total. The monoisotopic (exact) mass is 560 g/mol. The lowest BCUT2D eigenvalue weighted by Gasteiger charge is -2.51. The predicted octanol–water partition coefficient (Wildman–Crippen LogP) is 5.73. The Bertz CT molecular complexity index is 2010. The van der Waals surface area contributed by atoms with Crippen molar-refractivity contribution in [3.05, 3.63) is 11.1 Å². The number of hydrogen-bond acceptors (Lipinski definition) is 0. The van der Waals surface area contributed by atoms with E-state index in [-0.39, 0.29) is 0 Å². The van der Waals surface area contributed by atoms with Gasteiger partial charge in [0.05, 0.1) is 5.41 Å². The minimum absolute atomic E-state index is 0.443. The molecule has 0 aromatic carbocycles. The summed E-state index contributed by atoms with van der Waals surface area (Å²) < 4.78 is 0. The van der Waals surface area contributed by atoms with Crippen LogP contribution in [0, 0.1) is 188 Å². The Morgan fingerprint density at radius 2 is 0.705 bits per heavy atom. The summed E-state index contributed by atoms with van der Waals surface area (Å²) in [6.45, 7) is 20.6. The molecule has 0 saturated heterocycles. The smallest absolute Gasteiger partial charge is 0.0757 e. The highest BCUT2D eigenvalue weighted by Crippen LogP contribution is 2.57. The van der Waals surface area contributed by atoms with Crippen LogP contribution in [0.15, 0.2) is 11.1 Å². The summed E-state index contributed by atoms with van der Waals surface area (Å²) in [7, 11) is 0. The summed E-state index contributed by atoms with van der Waals surface area (Å²) in [5.41, 5.74) is -0.707. The predicted molar refractivity (Wildman–Crippen MR) is 184 cm³/mol. The van der Waals surface area contributed by atoms with Gasteiger partial charge in [0.25, 0.3) is 0 Å². The van der Waals surface area contributed by atoms with E-state index in [9.17, 15) is 0 Å². The normalized spacial score (nSPS) is 9.09. The van der Waals surface area contributed by atoms with Gasteiger partial charge in [-0.05, 0) is 153 Å². The zero-order chi connectivity index (χ0) is 33.5. The Labute approximate surface area is 268 Å². The van der Waals surface area contributed by atoms with Crippen molar-refractivity contribution in [3.8, 4) is 167 Å². The molecule has 0 aromatic rings. The molecule has 208 valence electrons. The van der Waals surface area contributed by atoms with Gasteiger partial charge in [-0.25, -0.2) is 0 Å². The Morgan fingerprint density at radius 3 is 1.05 bits per heavy atom. The van der Waals surface area contributed by atoms with Gasteiger partial charge in [-0.1, -0.05) is 86.0 Å². The summed E-state index contributed by atoms with van der Waals surface area (Å²) in [6, 6.07) is 0. The number of terminal acetylenes is 2. The van der Waals surface area contributed by atoms with E-state index in [2.05, 4.69) is 216 Å². The van der Waals surface area contributed by atoms with Gasteiger partial charge in [-0.3, -0.25) is 0 Å². The topological polar surface area (TPSA) is 0 Å². The lowest BCUT2D eigenvalue weighted by Crippen LogP contribution is -2.47.